The van der Waals surface area contributed by atoms with Crippen LogP contribution in [0.2, 0.25) is 0 Å². The van der Waals surface area contributed by atoms with Crippen molar-refractivity contribution in [1.29, 1.82) is 0 Å². The van der Waals surface area contributed by atoms with Gasteiger partial charge in [-0.25, -0.2) is 4.98 Å². The number of aryl methyl sites for hydroxylation is 2. The van der Waals surface area contributed by atoms with Crippen LogP contribution in [-0.4, -0.2) is 36.4 Å². The summed E-state index contributed by atoms with van der Waals surface area (Å²) in [5.74, 6) is 0.0351. The number of rotatable bonds is 7. The van der Waals surface area contributed by atoms with E-state index in [9.17, 15) is 4.79 Å². The molecule has 0 spiro atoms. The van der Waals surface area contributed by atoms with E-state index < -0.39 is 0 Å². The lowest BCUT2D eigenvalue weighted by Gasteiger charge is -2.24. The standard InChI is InChI=1S/C18H25N3OS/c1-5-15-12-23-16(20-15)9-10-19-18(22)17(21(3)4)14-8-6-7-13(2)11-14/h6-8,11-12,17H,5,9-10H2,1-4H3,(H,19,22)/t17-/m0/s1. The molecule has 1 atom stereocenters. The van der Waals surface area contributed by atoms with Gasteiger partial charge in [0.1, 0.15) is 6.04 Å². The van der Waals surface area contributed by atoms with Gasteiger partial charge in [0.05, 0.1) is 10.7 Å². The monoisotopic (exact) mass is 331 g/mol. The van der Waals surface area contributed by atoms with Crippen LogP contribution in [0.4, 0.5) is 0 Å². The number of aromatic nitrogens is 1. The van der Waals surface area contributed by atoms with E-state index in [4.69, 9.17) is 0 Å². The van der Waals surface area contributed by atoms with Crippen molar-refractivity contribution in [1.82, 2.24) is 15.2 Å². The van der Waals surface area contributed by atoms with Gasteiger partial charge in [-0.05, 0) is 33.0 Å². The summed E-state index contributed by atoms with van der Waals surface area (Å²) in [7, 11) is 3.86. The molecule has 1 amide bonds. The zero-order chi connectivity index (χ0) is 16.8. The largest absolute Gasteiger partial charge is 0.354 e. The van der Waals surface area contributed by atoms with E-state index in [2.05, 4.69) is 28.7 Å². The van der Waals surface area contributed by atoms with E-state index in [1.54, 1.807) is 11.3 Å². The topological polar surface area (TPSA) is 45.2 Å². The van der Waals surface area contributed by atoms with Crippen molar-refractivity contribution in [2.75, 3.05) is 20.6 Å². The lowest BCUT2D eigenvalue weighted by Crippen LogP contribution is -2.37. The van der Waals surface area contributed by atoms with E-state index in [1.807, 2.05) is 44.1 Å². The van der Waals surface area contributed by atoms with E-state index in [1.165, 1.54) is 0 Å². The van der Waals surface area contributed by atoms with E-state index in [0.29, 0.717) is 6.54 Å². The number of nitrogens with zero attached hydrogens (tertiary/aromatic N) is 2. The Balaban J connectivity index is 1.96. The summed E-state index contributed by atoms with van der Waals surface area (Å²) >= 11 is 1.67. The quantitative estimate of drug-likeness (QED) is 0.848. The summed E-state index contributed by atoms with van der Waals surface area (Å²) in [6, 6.07) is 7.85. The van der Waals surface area contributed by atoms with Gasteiger partial charge >= 0.3 is 0 Å². The predicted molar refractivity (Wildman–Crippen MR) is 95.8 cm³/mol. The first-order valence-electron chi connectivity index (χ1n) is 7.95. The van der Waals surface area contributed by atoms with Crippen molar-refractivity contribution in [2.45, 2.75) is 32.7 Å². The van der Waals surface area contributed by atoms with Gasteiger partial charge in [0.15, 0.2) is 0 Å². The van der Waals surface area contributed by atoms with Gasteiger partial charge < -0.3 is 5.32 Å². The molecule has 0 fully saturated rings. The lowest BCUT2D eigenvalue weighted by molar-refractivity contribution is -0.125. The summed E-state index contributed by atoms with van der Waals surface area (Å²) in [6.45, 7) is 4.76. The molecule has 1 aromatic heterocycles. The first-order chi connectivity index (χ1) is 11.0. The Labute approximate surface area is 142 Å². The summed E-state index contributed by atoms with van der Waals surface area (Å²) in [6.07, 6.45) is 1.74. The SMILES string of the molecule is CCc1csc(CCNC(=O)[C@H](c2cccc(C)c2)N(C)C)n1. The van der Waals surface area contributed by atoms with Crippen molar-refractivity contribution in [3.63, 3.8) is 0 Å². The number of benzene rings is 1. The smallest absolute Gasteiger partial charge is 0.241 e. The first-order valence-corrected chi connectivity index (χ1v) is 8.83. The number of likely N-dealkylation sites (N-methyl/N-ethyl adjacent to an activating group) is 1. The number of amides is 1. The molecule has 0 aliphatic rings. The zero-order valence-electron chi connectivity index (χ0n) is 14.3. The molecule has 1 N–H and O–H groups in total. The summed E-state index contributed by atoms with van der Waals surface area (Å²) < 4.78 is 0. The van der Waals surface area contributed by atoms with Crippen LogP contribution < -0.4 is 5.32 Å². The molecule has 1 aromatic carbocycles. The maximum Gasteiger partial charge on any atom is 0.241 e. The Morgan fingerprint density at radius 2 is 2.17 bits per heavy atom. The highest BCUT2D eigenvalue weighted by Crippen LogP contribution is 2.19. The Bertz CT molecular complexity index is 651. The molecule has 0 aliphatic carbocycles. The van der Waals surface area contributed by atoms with Gasteiger partial charge in [0.25, 0.3) is 0 Å². The molecule has 5 heteroatoms. The second kappa shape index (κ2) is 8.22. The molecule has 0 aliphatic heterocycles. The van der Waals surface area contributed by atoms with Crippen molar-refractivity contribution < 1.29 is 4.79 Å². The van der Waals surface area contributed by atoms with Gasteiger partial charge in [0.2, 0.25) is 5.91 Å². The first kappa shape index (κ1) is 17.6. The summed E-state index contributed by atoms with van der Waals surface area (Å²) in [5.41, 5.74) is 3.31. The number of carbonyl (C=O) groups is 1. The minimum Gasteiger partial charge on any atom is -0.354 e. The number of carbonyl (C=O) groups excluding carboxylic acids is 1. The number of thiazole rings is 1. The molecule has 0 radical (unpaired) electrons. The average molecular weight is 331 g/mol. The molecule has 124 valence electrons. The van der Waals surface area contributed by atoms with Crippen LogP contribution in [0.25, 0.3) is 0 Å². The Hall–Kier alpha value is -1.72. The molecule has 0 saturated carbocycles. The number of nitrogens with one attached hydrogen (secondary N) is 1. The fourth-order valence-electron chi connectivity index (χ4n) is 2.54. The van der Waals surface area contributed by atoms with Crippen molar-refractivity contribution in [3.05, 3.63) is 51.5 Å². The van der Waals surface area contributed by atoms with Gasteiger partial charge in [0, 0.05) is 18.3 Å². The molecule has 23 heavy (non-hydrogen) atoms. The molecule has 0 bridgehead atoms. The van der Waals surface area contributed by atoms with Crippen LogP contribution in [-0.2, 0) is 17.6 Å². The van der Waals surface area contributed by atoms with Crippen molar-refractivity contribution >= 4 is 17.2 Å². The van der Waals surface area contributed by atoms with Gasteiger partial charge in [-0.15, -0.1) is 11.3 Å². The molecule has 0 unspecified atom stereocenters. The van der Waals surface area contributed by atoms with Crippen molar-refractivity contribution in [3.8, 4) is 0 Å². The average Bonchev–Trinajstić information content (AvgIpc) is 2.95. The maximum absolute atomic E-state index is 12.6. The second-order valence-corrected chi connectivity index (χ2v) is 6.85. The van der Waals surface area contributed by atoms with Crippen LogP contribution >= 0.6 is 11.3 Å². The number of hydrogen-bond donors (Lipinski definition) is 1. The fourth-order valence-corrected chi connectivity index (χ4v) is 3.42. The predicted octanol–water partition coefficient (Wildman–Crippen LogP) is 2.98. The molecule has 0 saturated heterocycles. The third kappa shape index (κ3) is 4.88. The van der Waals surface area contributed by atoms with Crippen LogP contribution in [0.3, 0.4) is 0 Å². The Kier molecular flexibility index (Phi) is 6.30. The van der Waals surface area contributed by atoms with E-state index in [-0.39, 0.29) is 11.9 Å². The number of hydrogen-bond acceptors (Lipinski definition) is 4. The summed E-state index contributed by atoms with van der Waals surface area (Å²) in [4.78, 5) is 19.1. The van der Waals surface area contributed by atoms with Crippen molar-refractivity contribution in [2.24, 2.45) is 0 Å². The minimum atomic E-state index is -0.266. The van der Waals surface area contributed by atoms with Crippen LogP contribution in [0.15, 0.2) is 29.6 Å². The molecular formula is C18H25N3OS. The van der Waals surface area contributed by atoms with Gasteiger partial charge in [-0.3, -0.25) is 9.69 Å². The van der Waals surface area contributed by atoms with Gasteiger partial charge in [-0.2, -0.15) is 0 Å². The Morgan fingerprint density at radius 1 is 1.39 bits per heavy atom. The third-order valence-electron chi connectivity index (χ3n) is 3.72. The molecule has 4 nitrogen and oxygen atoms in total. The molecule has 1 heterocycles. The maximum atomic E-state index is 12.6. The highest BCUT2D eigenvalue weighted by Gasteiger charge is 2.22. The van der Waals surface area contributed by atoms with Crippen LogP contribution in [0, 0.1) is 6.92 Å². The second-order valence-electron chi connectivity index (χ2n) is 5.91. The molecule has 2 aromatic rings. The van der Waals surface area contributed by atoms with Crippen LogP contribution in [0.1, 0.15) is 34.8 Å². The van der Waals surface area contributed by atoms with E-state index in [0.717, 1.165) is 34.7 Å². The highest BCUT2D eigenvalue weighted by atomic mass is 32.1. The normalized spacial score (nSPS) is 12.4. The Morgan fingerprint density at radius 3 is 2.78 bits per heavy atom. The lowest BCUT2D eigenvalue weighted by atomic mass is 10.0. The summed E-state index contributed by atoms with van der Waals surface area (Å²) in [5, 5.41) is 6.22. The van der Waals surface area contributed by atoms with Crippen LogP contribution in [0.5, 0.6) is 0 Å². The zero-order valence-corrected chi connectivity index (χ0v) is 15.1. The molecular weight excluding hydrogens is 306 g/mol. The fraction of sp³-hybridized carbons (Fsp3) is 0.444. The minimum absolute atomic E-state index is 0.0351. The van der Waals surface area contributed by atoms with E-state index >= 15 is 0 Å². The highest BCUT2D eigenvalue weighted by molar-refractivity contribution is 7.09. The molecule has 2 rings (SSSR count). The third-order valence-corrected chi connectivity index (χ3v) is 4.68. The van der Waals surface area contributed by atoms with Gasteiger partial charge in [-0.1, -0.05) is 36.8 Å².